The molecule has 0 aliphatic carbocycles. The number of hydrogen-bond acceptors (Lipinski definition) is 2. The van der Waals surface area contributed by atoms with Crippen LogP contribution in [0.2, 0.25) is 5.02 Å². The molecule has 2 aromatic carbocycles. The molecule has 2 rings (SSSR count). The largest absolute Gasteiger partial charge is 0.354 e. The number of hydrogen-bond donors (Lipinski definition) is 1. The molecule has 4 nitrogen and oxygen atoms in total. The van der Waals surface area contributed by atoms with Crippen LogP contribution in [0.4, 0.5) is 4.39 Å². The van der Waals surface area contributed by atoms with E-state index in [1.165, 1.54) is 11.0 Å². The van der Waals surface area contributed by atoms with Gasteiger partial charge in [0.1, 0.15) is 11.9 Å². The molecular weight excluding hydrogens is 391 g/mol. The molecule has 0 bridgehead atoms. The first-order valence-electron chi connectivity index (χ1n) is 9.83. The molecule has 2 amide bonds. The minimum absolute atomic E-state index is 0.0320. The average Bonchev–Trinajstić information content (AvgIpc) is 2.70. The Morgan fingerprint density at radius 2 is 1.66 bits per heavy atom. The van der Waals surface area contributed by atoms with Gasteiger partial charge in [0.2, 0.25) is 11.8 Å². The van der Waals surface area contributed by atoms with Gasteiger partial charge in [-0.3, -0.25) is 9.59 Å². The van der Waals surface area contributed by atoms with Crippen LogP contribution in [0.25, 0.3) is 0 Å². The highest BCUT2D eigenvalue weighted by atomic mass is 35.5. The van der Waals surface area contributed by atoms with Crippen LogP contribution < -0.4 is 5.32 Å². The number of rotatable bonds is 9. The third-order valence-electron chi connectivity index (χ3n) is 4.72. The second-order valence-corrected chi connectivity index (χ2v) is 7.93. The van der Waals surface area contributed by atoms with Crippen molar-refractivity contribution in [3.05, 3.63) is 70.5 Å². The molecule has 0 unspecified atom stereocenters. The summed E-state index contributed by atoms with van der Waals surface area (Å²) in [4.78, 5) is 27.0. The molecule has 0 saturated heterocycles. The topological polar surface area (TPSA) is 49.4 Å². The number of carbonyl (C=O) groups excluding carboxylic acids is 2. The number of benzene rings is 2. The van der Waals surface area contributed by atoms with Crippen molar-refractivity contribution in [3.63, 3.8) is 0 Å². The molecule has 6 heteroatoms. The van der Waals surface area contributed by atoms with E-state index in [1.54, 1.807) is 31.2 Å². The normalized spacial score (nSPS) is 11.9. The van der Waals surface area contributed by atoms with Crippen molar-refractivity contribution in [1.82, 2.24) is 10.2 Å². The van der Waals surface area contributed by atoms with Gasteiger partial charge in [-0.05, 0) is 37.0 Å². The van der Waals surface area contributed by atoms with Crippen LogP contribution in [-0.4, -0.2) is 29.3 Å². The highest BCUT2D eigenvalue weighted by Gasteiger charge is 2.26. The summed E-state index contributed by atoms with van der Waals surface area (Å²) in [6, 6.07) is 12.9. The summed E-state index contributed by atoms with van der Waals surface area (Å²) in [6.45, 7) is 6.21. The summed E-state index contributed by atoms with van der Waals surface area (Å²) >= 11 is 6.18. The summed E-state index contributed by atoms with van der Waals surface area (Å²) in [5.74, 6) is -0.574. The zero-order valence-electron chi connectivity index (χ0n) is 17.1. The van der Waals surface area contributed by atoms with Crippen LogP contribution in [0.5, 0.6) is 0 Å². The third kappa shape index (κ3) is 6.86. The van der Waals surface area contributed by atoms with Crippen molar-refractivity contribution in [1.29, 1.82) is 0 Å². The molecule has 0 spiro atoms. The lowest BCUT2D eigenvalue weighted by Crippen LogP contribution is -2.48. The maximum Gasteiger partial charge on any atom is 0.242 e. The van der Waals surface area contributed by atoms with E-state index in [1.807, 2.05) is 32.0 Å². The van der Waals surface area contributed by atoms with Crippen molar-refractivity contribution in [2.45, 2.75) is 46.2 Å². The van der Waals surface area contributed by atoms with Gasteiger partial charge in [0, 0.05) is 30.1 Å². The number of nitrogens with zero attached hydrogens (tertiary/aromatic N) is 1. The van der Waals surface area contributed by atoms with Crippen LogP contribution in [0, 0.1) is 11.7 Å². The lowest BCUT2D eigenvalue weighted by Gasteiger charge is -2.29. The maximum absolute atomic E-state index is 14.2. The zero-order valence-corrected chi connectivity index (χ0v) is 17.9. The summed E-state index contributed by atoms with van der Waals surface area (Å²) in [5.41, 5.74) is 1.24. The summed E-state index contributed by atoms with van der Waals surface area (Å²) in [7, 11) is 0. The maximum atomic E-state index is 14.2. The van der Waals surface area contributed by atoms with Gasteiger partial charge in [-0.25, -0.2) is 4.39 Å². The molecule has 29 heavy (non-hydrogen) atoms. The van der Waals surface area contributed by atoms with E-state index < -0.39 is 11.9 Å². The summed E-state index contributed by atoms with van der Waals surface area (Å²) in [6.07, 6.45) is 0.632. The van der Waals surface area contributed by atoms with E-state index in [4.69, 9.17) is 11.6 Å². The fourth-order valence-electron chi connectivity index (χ4n) is 2.93. The average molecular weight is 419 g/mol. The quantitative estimate of drug-likeness (QED) is 0.646. The zero-order chi connectivity index (χ0) is 21.4. The smallest absolute Gasteiger partial charge is 0.242 e. The fraction of sp³-hybridized carbons (Fsp3) is 0.391. The van der Waals surface area contributed by atoms with Gasteiger partial charge in [-0.1, -0.05) is 61.8 Å². The first kappa shape index (κ1) is 22.9. The standard InChI is InChI=1S/C23H28ClFN2O2/c1-16(2)14-26-23(29)17(3)27(15-19-9-5-7-11-21(19)25)22(28)13-12-18-8-4-6-10-20(18)24/h4-11,16-17H,12-15H2,1-3H3,(H,26,29)/t17-/m0/s1. The van der Waals surface area contributed by atoms with E-state index in [2.05, 4.69) is 5.32 Å². The molecule has 0 aliphatic rings. The van der Waals surface area contributed by atoms with Gasteiger partial charge in [-0.15, -0.1) is 0 Å². The molecule has 0 heterocycles. The Morgan fingerprint density at radius 3 is 2.28 bits per heavy atom. The van der Waals surface area contributed by atoms with Crippen LogP contribution in [0.1, 0.15) is 38.3 Å². The molecule has 0 fully saturated rings. The second kappa shape index (κ2) is 11.0. The molecule has 1 atom stereocenters. The Hall–Kier alpha value is -2.40. The van der Waals surface area contributed by atoms with Crippen molar-refractivity contribution in [3.8, 4) is 0 Å². The number of aryl methyl sites for hydroxylation is 1. The molecule has 0 radical (unpaired) electrons. The Kier molecular flexibility index (Phi) is 8.65. The van der Waals surface area contributed by atoms with Gasteiger partial charge in [0.05, 0.1) is 0 Å². The number of carbonyl (C=O) groups is 2. The molecule has 0 aliphatic heterocycles. The van der Waals surface area contributed by atoms with Crippen molar-refractivity contribution in [2.24, 2.45) is 5.92 Å². The monoisotopic (exact) mass is 418 g/mol. The van der Waals surface area contributed by atoms with Crippen molar-refractivity contribution in [2.75, 3.05) is 6.54 Å². The molecule has 0 saturated carbocycles. The first-order chi connectivity index (χ1) is 13.8. The minimum Gasteiger partial charge on any atom is -0.354 e. The highest BCUT2D eigenvalue weighted by molar-refractivity contribution is 6.31. The Morgan fingerprint density at radius 1 is 1.03 bits per heavy atom. The fourth-order valence-corrected chi connectivity index (χ4v) is 3.16. The molecular formula is C23H28ClFN2O2. The molecule has 156 valence electrons. The minimum atomic E-state index is -0.716. The van der Waals surface area contributed by atoms with E-state index >= 15 is 0 Å². The van der Waals surface area contributed by atoms with Crippen LogP contribution in [-0.2, 0) is 22.6 Å². The van der Waals surface area contributed by atoms with Crippen LogP contribution in [0.3, 0.4) is 0 Å². The van der Waals surface area contributed by atoms with Crippen LogP contribution in [0.15, 0.2) is 48.5 Å². The van der Waals surface area contributed by atoms with Gasteiger partial charge in [0.15, 0.2) is 0 Å². The Balaban J connectivity index is 2.16. The lowest BCUT2D eigenvalue weighted by atomic mass is 10.1. The molecule has 0 aromatic heterocycles. The van der Waals surface area contributed by atoms with Crippen LogP contribution >= 0.6 is 11.6 Å². The van der Waals surface area contributed by atoms with Gasteiger partial charge >= 0.3 is 0 Å². The van der Waals surface area contributed by atoms with E-state index in [0.717, 1.165) is 5.56 Å². The number of amides is 2. The van der Waals surface area contributed by atoms with Gasteiger partial charge in [-0.2, -0.15) is 0 Å². The van der Waals surface area contributed by atoms with Crippen molar-refractivity contribution < 1.29 is 14.0 Å². The molecule has 2 aromatic rings. The van der Waals surface area contributed by atoms with E-state index in [-0.39, 0.29) is 24.8 Å². The SMILES string of the molecule is CC(C)CNC(=O)[C@H](C)N(Cc1ccccc1F)C(=O)CCc1ccccc1Cl. The summed E-state index contributed by atoms with van der Waals surface area (Å²) in [5, 5.41) is 3.45. The second-order valence-electron chi connectivity index (χ2n) is 7.52. The number of halogens is 2. The van der Waals surface area contributed by atoms with Crippen molar-refractivity contribution >= 4 is 23.4 Å². The summed E-state index contributed by atoms with van der Waals surface area (Å²) < 4.78 is 14.2. The van der Waals surface area contributed by atoms with Gasteiger partial charge < -0.3 is 10.2 Å². The first-order valence-corrected chi connectivity index (χ1v) is 10.2. The predicted octanol–water partition coefficient (Wildman–Crippen LogP) is 4.60. The third-order valence-corrected chi connectivity index (χ3v) is 5.09. The van der Waals surface area contributed by atoms with E-state index in [0.29, 0.717) is 29.5 Å². The Bertz CT molecular complexity index is 841. The lowest BCUT2D eigenvalue weighted by molar-refractivity contribution is -0.140. The van der Waals surface area contributed by atoms with E-state index in [9.17, 15) is 14.0 Å². The number of nitrogens with one attached hydrogen (secondary N) is 1. The Labute approximate surface area is 177 Å². The predicted molar refractivity (Wildman–Crippen MR) is 114 cm³/mol. The van der Waals surface area contributed by atoms with Gasteiger partial charge in [0.25, 0.3) is 0 Å². The molecule has 1 N–H and O–H groups in total. The highest BCUT2D eigenvalue weighted by Crippen LogP contribution is 2.19.